The van der Waals surface area contributed by atoms with Crippen molar-refractivity contribution < 1.29 is 4.79 Å². The first-order valence-electron chi connectivity index (χ1n) is 7.39. The van der Waals surface area contributed by atoms with Crippen molar-refractivity contribution in [1.82, 2.24) is 10.6 Å². The molecule has 0 bridgehead atoms. The van der Waals surface area contributed by atoms with Gasteiger partial charge in [-0.05, 0) is 44.9 Å². The van der Waals surface area contributed by atoms with E-state index in [1.165, 1.54) is 16.8 Å². The molecule has 1 saturated heterocycles. The Balaban J connectivity index is 2.34. The van der Waals surface area contributed by atoms with Crippen LogP contribution in [0.15, 0.2) is 18.2 Å². The van der Waals surface area contributed by atoms with E-state index in [1.807, 2.05) is 7.05 Å². The number of benzene rings is 1. The van der Waals surface area contributed by atoms with E-state index in [1.54, 1.807) is 7.05 Å². The average Bonchev–Trinajstić information content (AvgIpc) is 2.47. The summed E-state index contributed by atoms with van der Waals surface area (Å²) < 4.78 is 0. The largest absolute Gasteiger partial charge is 0.359 e. The Morgan fingerprint density at radius 3 is 2.85 bits per heavy atom. The van der Waals surface area contributed by atoms with Crippen molar-refractivity contribution >= 4 is 11.6 Å². The normalized spacial score (nSPS) is 18.9. The van der Waals surface area contributed by atoms with Crippen LogP contribution in [0.1, 0.15) is 30.4 Å². The molecule has 110 valence electrons. The van der Waals surface area contributed by atoms with Gasteiger partial charge < -0.3 is 15.5 Å². The number of piperidine rings is 1. The molecule has 1 atom stereocenters. The lowest BCUT2D eigenvalue weighted by molar-refractivity contribution is -0.122. The van der Waals surface area contributed by atoms with Crippen LogP contribution in [0.5, 0.6) is 0 Å². The molecule has 1 fully saturated rings. The van der Waals surface area contributed by atoms with E-state index >= 15 is 0 Å². The summed E-state index contributed by atoms with van der Waals surface area (Å²) in [6.07, 6.45) is 3.22. The zero-order valence-electron chi connectivity index (χ0n) is 12.7. The molecule has 1 aliphatic heterocycles. The Labute approximate surface area is 121 Å². The number of hydrogen-bond donors (Lipinski definition) is 2. The number of nitrogens with zero attached hydrogens (tertiary/aromatic N) is 1. The zero-order chi connectivity index (χ0) is 14.5. The van der Waals surface area contributed by atoms with E-state index in [0.29, 0.717) is 0 Å². The third-order valence-corrected chi connectivity index (χ3v) is 3.96. The van der Waals surface area contributed by atoms with Gasteiger partial charge in [0, 0.05) is 25.8 Å². The molecule has 4 heteroatoms. The molecular weight excluding hydrogens is 250 g/mol. The first-order valence-corrected chi connectivity index (χ1v) is 7.39. The molecule has 1 aliphatic rings. The van der Waals surface area contributed by atoms with Crippen molar-refractivity contribution in [2.75, 3.05) is 25.5 Å². The molecule has 1 amide bonds. The summed E-state index contributed by atoms with van der Waals surface area (Å²) in [6, 6.07) is 6.46. The summed E-state index contributed by atoms with van der Waals surface area (Å²) in [5, 5.41) is 6.02. The van der Waals surface area contributed by atoms with Gasteiger partial charge in [0.25, 0.3) is 0 Å². The molecule has 1 aromatic rings. The van der Waals surface area contributed by atoms with Gasteiger partial charge in [-0.15, -0.1) is 0 Å². The van der Waals surface area contributed by atoms with Gasteiger partial charge >= 0.3 is 0 Å². The summed E-state index contributed by atoms with van der Waals surface area (Å²) in [7, 11) is 3.68. The topological polar surface area (TPSA) is 44.4 Å². The number of aryl methyl sites for hydroxylation is 1. The number of nitrogens with one attached hydrogen (secondary N) is 2. The van der Waals surface area contributed by atoms with Crippen molar-refractivity contribution in [1.29, 1.82) is 0 Å². The number of hydrogen-bond acceptors (Lipinski definition) is 3. The molecule has 1 heterocycles. The average molecular weight is 275 g/mol. The predicted molar refractivity (Wildman–Crippen MR) is 83.0 cm³/mol. The van der Waals surface area contributed by atoms with Crippen LogP contribution in [0.3, 0.4) is 0 Å². The fourth-order valence-corrected chi connectivity index (χ4v) is 2.99. The van der Waals surface area contributed by atoms with Crippen LogP contribution >= 0.6 is 0 Å². The lowest BCUT2D eigenvalue weighted by Crippen LogP contribution is -2.49. The second-order valence-electron chi connectivity index (χ2n) is 5.48. The van der Waals surface area contributed by atoms with Crippen molar-refractivity contribution in [2.24, 2.45) is 0 Å². The van der Waals surface area contributed by atoms with Crippen molar-refractivity contribution in [3.05, 3.63) is 29.3 Å². The Morgan fingerprint density at radius 1 is 1.35 bits per heavy atom. The van der Waals surface area contributed by atoms with Crippen LogP contribution in [0.4, 0.5) is 5.69 Å². The van der Waals surface area contributed by atoms with Crippen LogP contribution < -0.4 is 15.5 Å². The third-order valence-electron chi connectivity index (χ3n) is 3.96. The molecule has 0 saturated carbocycles. The number of carbonyl (C=O) groups excluding carboxylic acids is 1. The second kappa shape index (κ2) is 6.75. The van der Waals surface area contributed by atoms with Crippen LogP contribution in [-0.4, -0.2) is 32.6 Å². The van der Waals surface area contributed by atoms with Gasteiger partial charge in [0.15, 0.2) is 0 Å². The summed E-state index contributed by atoms with van der Waals surface area (Å²) in [4.78, 5) is 14.4. The van der Waals surface area contributed by atoms with Crippen LogP contribution in [-0.2, 0) is 11.3 Å². The molecule has 1 unspecified atom stereocenters. The molecule has 1 aromatic carbocycles. The fraction of sp³-hybridized carbons (Fsp3) is 0.562. The number of rotatable bonds is 4. The van der Waals surface area contributed by atoms with E-state index in [4.69, 9.17) is 0 Å². The minimum Gasteiger partial charge on any atom is -0.359 e. The van der Waals surface area contributed by atoms with Crippen molar-refractivity contribution in [3.8, 4) is 0 Å². The highest BCUT2D eigenvalue weighted by atomic mass is 16.2. The van der Waals surface area contributed by atoms with Gasteiger partial charge in [0.2, 0.25) is 5.91 Å². The Morgan fingerprint density at radius 2 is 2.15 bits per heavy atom. The van der Waals surface area contributed by atoms with Crippen molar-refractivity contribution in [2.45, 2.75) is 38.8 Å². The molecular formula is C16H25N3O. The summed E-state index contributed by atoms with van der Waals surface area (Å²) in [5.41, 5.74) is 3.72. The van der Waals surface area contributed by atoms with E-state index < -0.39 is 0 Å². The molecule has 2 N–H and O–H groups in total. The molecule has 0 aliphatic carbocycles. The quantitative estimate of drug-likeness (QED) is 0.881. The summed E-state index contributed by atoms with van der Waals surface area (Å²) >= 11 is 0. The molecule has 0 spiro atoms. The Kier molecular flexibility index (Phi) is 5.01. The lowest BCUT2D eigenvalue weighted by atomic mass is 9.98. The van der Waals surface area contributed by atoms with Gasteiger partial charge in [-0.2, -0.15) is 0 Å². The number of anilines is 1. The van der Waals surface area contributed by atoms with Crippen molar-refractivity contribution in [3.63, 3.8) is 0 Å². The number of amides is 1. The van der Waals surface area contributed by atoms with Gasteiger partial charge in [0.05, 0.1) is 0 Å². The fourth-order valence-electron chi connectivity index (χ4n) is 2.99. The highest BCUT2D eigenvalue weighted by molar-refractivity contribution is 5.85. The maximum absolute atomic E-state index is 12.1. The van der Waals surface area contributed by atoms with Gasteiger partial charge in [-0.1, -0.05) is 17.7 Å². The Hall–Kier alpha value is -1.55. The molecule has 0 aromatic heterocycles. The summed E-state index contributed by atoms with van der Waals surface area (Å²) in [6.45, 7) is 3.89. The minimum absolute atomic E-state index is 0.0351. The highest BCUT2D eigenvalue weighted by Crippen LogP contribution is 2.29. The minimum atomic E-state index is -0.0351. The first kappa shape index (κ1) is 14.9. The smallest absolute Gasteiger partial charge is 0.242 e. The maximum atomic E-state index is 12.1. The maximum Gasteiger partial charge on any atom is 0.242 e. The zero-order valence-corrected chi connectivity index (χ0v) is 12.7. The number of likely N-dealkylation sites (N-methyl/N-ethyl adjacent to an activating group) is 1. The van der Waals surface area contributed by atoms with E-state index in [0.717, 1.165) is 32.4 Å². The molecule has 4 nitrogen and oxygen atoms in total. The van der Waals surface area contributed by atoms with E-state index in [2.05, 4.69) is 40.7 Å². The first-order chi connectivity index (χ1) is 9.67. The molecule has 2 rings (SSSR count). The van der Waals surface area contributed by atoms with Gasteiger partial charge in [-0.25, -0.2) is 0 Å². The van der Waals surface area contributed by atoms with E-state index in [9.17, 15) is 4.79 Å². The van der Waals surface area contributed by atoms with E-state index in [-0.39, 0.29) is 11.9 Å². The highest BCUT2D eigenvalue weighted by Gasteiger charge is 2.29. The lowest BCUT2D eigenvalue weighted by Gasteiger charge is -2.37. The van der Waals surface area contributed by atoms with Crippen LogP contribution in [0.2, 0.25) is 0 Å². The van der Waals surface area contributed by atoms with Crippen LogP contribution in [0, 0.1) is 6.92 Å². The second-order valence-corrected chi connectivity index (χ2v) is 5.48. The van der Waals surface area contributed by atoms with Gasteiger partial charge in [-0.3, -0.25) is 4.79 Å². The summed E-state index contributed by atoms with van der Waals surface area (Å²) in [5.74, 6) is 0.126. The standard InChI is InChI=1S/C16H25N3O/c1-12-7-8-14(13(10-12)11-17-2)19-9-5-4-6-15(19)16(20)18-3/h7-8,10,15,17H,4-6,9,11H2,1-3H3,(H,18,20). The van der Waals surface area contributed by atoms with Crippen LogP contribution in [0.25, 0.3) is 0 Å². The third kappa shape index (κ3) is 3.12. The molecule has 0 radical (unpaired) electrons. The monoisotopic (exact) mass is 275 g/mol. The number of carbonyl (C=O) groups is 1. The predicted octanol–water partition coefficient (Wildman–Crippen LogP) is 1.82. The SMILES string of the molecule is CNCc1cc(C)ccc1N1CCCCC1C(=O)NC. The molecule has 20 heavy (non-hydrogen) atoms. The Bertz CT molecular complexity index is 473. The van der Waals surface area contributed by atoms with Gasteiger partial charge in [0.1, 0.15) is 6.04 Å².